The van der Waals surface area contributed by atoms with Gasteiger partial charge in [-0.25, -0.2) is 19.9 Å². The summed E-state index contributed by atoms with van der Waals surface area (Å²) in [5.74, 6) is 2.89. The summed E-state index contributed by atoms with van der Waals surface area (Å²) in [6.45, 7) is 6.63. The predicted molar refractivity (Wildman–Crippen MR) is 96.3 cm³/mol. The molecule has 0 saturated heterocycles. The molecule has 0 atom stereocenters. The average Bonchev–Trinajstić information content (AvgIpc) is 3.19. The van der Waals surface area contributed by atoms with Gasteiger partial charge in [-0.1, -0.05) is 0 Å². The highest BCUT2D eigenvalue weighted by molar-refractivity contribution is 7.11. The maximum absolute atomic E-state index is 12.0. The first-order valence-corrected chi connectivity index (χ1v) is 8.70. The van der Waals surface area contributed by atoms with Crippen LogP contribution in [0.4, 0.5) is 5.82 Å². The van der Waals surface area contributed by atoms with Gasteiger partial charge in [-0.05, 0) is 20.8 Å². The molecule has 1 amide bonds. The predicted octanol–water partition coefficient (Wildman–Crippen LogP) is 1.89. The normalized spacial score (nSPS) is 10.7. The summed E-state index contributed by atoms with van der Waals surface area (Å²) >= 11 is 1.34. The van der Waals surface area contributed by atoms with Gasteiger partial charge in [-0.15, -0.1) is 11.3 Å². The fourth-order valence-corrected chi connectivity index (χ4v) is 3.07. The van der Waals surface area contributed by atoms with Crippen molar-refractivity contribution in [3.63, 3.8) is 0 Å². The molecule has 130 valence electrons. The summed E-state index contributed by atoms with van der Waals surface area (Å²) < 4.78 is 1.90. The number of nitrogens with zero attached hydrogens (tertiary/aromatic N) is 5. The number of anilines is 1. The van der Waals surface area contributed by atoms with E-state index in [9.17, 15) is 4.79 Å². The number of rotatable bonds is 6. The van der Waals surface area contributed by atoms with Gasteiger partial charge in [-0.3, -0.25) is 9.36 Å². The van der Waals surface area contributed by atoms with Crippen LogP contribution in [0.3, 0.4) is 0 Å². The number of aryl methyl sites for hydroxylation is 3. The van der Waals surface area contributed by atoms with Crippen molar-refractivity contribution in [2.45, 2.75) is 20.8 Å². The van der Waals surface area contributed by atoms with Crippen LogP contribution in [0.25, 0.3) is 5.82 Å². The lowest BCUT2D eigenvalue weighted by molar-refractivity contribution is 0.0958. The van der Waals surface area contributed by atoms with Crippen molar-refractivity contribution in [2.75, 3.05) is 18.4 Å². The molecule has 0 aliphatic heterocycles. The maximum atomic E-state index is 12.0. The first-order chi connectivity index (χ1) is 12.0. The van der Waals surface area contributed by atoms with Crippen molar-refractivity contribution in [3.05, 3.63) is 46.2 Å². The monoisotopic (exact) mass is 357 g/mol. The molecule has 0 saturated carbocycles. The zero-order chi connectivity index (χ0) is 17.8. The standard InChI is InChI=1S/C16H19N7OS/c1-10-15(25-9-20-10)16(24)19-5-4-18-13-8-14(22-11(2)21-13)23-7-6-17-12(23)3/h6-9H,4-5H2,1-3H3,(H,19,24)(H,18,21,22). The second kappa shape index (κ2) is 7.39. The van der Waals surface area contributed by atoms with Gasteiger partial charge in [0.15, 0.2) is 0 Å². The molecule has 0 aliphatic carbocycles. The first-order valence-electron chi connectivity index (χ1n) is 7.83. The minimum Gasteiger partial charge on any atom is -0.368 e. The van der Waals surface area contributed by atoms with Crippen molar-refractivity contribution in [1.82, 2.24) is 29.8 Å². The van der Waals surface area contributed by atoms with Gasteiger partial charge in [0.2, 0.25) is 0 Å². The lowest BCUT2D eigenvalue weighted by Gasteiger charge is -2.10. The summed E-state index contributed by atoms with van der Waals surface area (Å²) in [4.78, 5) is 29.8. The Labute approximate surface area is 149 Å². The molecule has 2 N–H and O–H groups in total. The molecule has 0 aliphatic rings. The quantitative estimate of drug-likeness (QED) is 0.654. The first kappa shape index (κ1) is 17.0. The van der Waals surface area contributed by atoms with E-state index in [1.165, 1.54) is 11.3 Å². The molecule has 3 rings (SSSR count). The SMILES string of the molecule is Cc1nc(NCCNC(=O)c2scnc2C)cc(-n2ccnc2C)n1. The van der Waals surface area contributed by atoms with Crippen molar-refractivity contribution < 1.29 is 4.79 Å². The van der Waals surface area contributed by atoms with Gasteiger partial charge in [0.1, 0.15) is 28.2 Å². The van der Waals surface area contributed by atoms with E-state index < -0.39 is 0 Å². The molecular formula is C16H19N7OS. The molecule has 9 heteroatoms. The third-order valence-electron chi connectivity index (χ3n) is 3.57. The molecule has 25 heavy (non-hydrogen) atoms. The zero-order valence-corrected chi connectivity index (χ0v) is 15.1. The van der Waals surface area contributed by atoms with Crippen LogP contribution >= 0.6 is 11.3 Å². The van der Waals surface area contributed by atoms with Crippen LogP contribution in [0.15, 0.2) is 24.0 Å². The highest BCUT2D eigenvalue weighted by Crippen LogP contribution is 2.13. The Balaban J connectivity index is 1.58. The van der Waals surface area contributed by atoms with E-state index in [0.717, 1.165) is 17.3 Å². The Kier molecular flexibility index (Phi) is 5.03. The highest BCUT2D eigenvalue weighted by atomic mass is 32.1. The number of thiazole rings is 1. The number of imidazole rings is 1. The molecule has 0 fully saturated rings. The number of carbonyl (C=O) groups is 1. The topological polar surface area (TPSA) is 97.6 Å². The molecule has 3 aromatic heterocycles. The molecule has 0 radical (unpaired) electrons. The van der Waals surface area contributed by atoms with Crippen LogP contribution in [0, 0.1) is 20.8 Å². The minimum absolute atomic E-state index is 0.101. The summed E-state index contributed by atoms with van der Waals surface area (Å²) in [6, 6.07) is 1.86. The fraction of sp³-hybridized carbons (Fsp3) is 0.312. The number of aromatic nitrogens is 5. The third-order valence-corrected chi connectivity index (χ3v) is 4.49. The van der Waals surface area contributed by atoms with Gasteiger partial charge < -0.3 is 10.6 Å². The average molecular weight is 357 g/mol. The van der Waals surface area contributed by atoms with Crippen LogP contribution < -0.4 is 10.6 Å². The van der Waals surface area contributed by atoms with Crippen LogP contribution in [-0.2, 0) is 0 Å². The van der Waals surface area contributed by atoms with Crippen LogP contribution in [0.5, 0.6) is 0 Å². The molecule has 0 unspecified atom stereocenters. The smallest absolute Gasteiger partial charge is 0.263 e. The molecular weight excluding hydrogens is 338 g/mol. The van der Waals surface area contributed by atoms with Crippen molar-refractivity contribution in [1.29, 1.82) is 0 Å². The number of hydrogen-bond donors (Lipinski definition) is 2. The summed E-state index contributed by atoms with van der Waals surface area (Å²) in [6.07, 6.45) is 3.59. The van der Waals surface area contributed by atoms with Gasteiger partial charge >= 0.3 is 0 Å². The maximum Gasteiger partial charge on any atom is 0.263 e. The van der Waals surface area contributed by atoms with Crippen molar-refractivity contribution in [2.24, 2.45) is 0 Å². The fourth-order valence-electron chi connectivity index (χ4n) is 2.35. The van der Waals surface area contributed by atoms with Crippen LogP contribution in [-0.4, -0.2) is 43.5 Å². The largest absolute Gasteiger partial charge is 0.368 e. The van der Waals surface area contributed by atoms with E-state index in [1.807, 2.05) is 37.6 Å². The second-order valence-corrected chi connectivity index (χ2v) is 6.31. The van der Waals surface area contributed by atoms with Gasteiger partial charge in [0, 0.05) is 31.5 Å². The molecule has 0 aromatic carbocycles. The van der Waals surface area contributed by atoms with E-state index >= 15 is 0 Å². The van der Waals surface area contributed by atoms with Crippen molar-refractivity contribution >= 4 is 23.1 Å². The summed E-state index contributed by atoms with van der Waals surface area (Å²) in [7, 11) is 0. The third kappa shape index (κ3) is 4.00. The minimum atomic E-state index is -0.101. The molecule has 0 bridgehead atoms. The Hall–Kier alpha value is -2.81. The van der Waals surface area contributed by atoms with E-state index in [1.54, 1.807) is 11.7 Å². The highest BCUT2D eigenvalue weighted by Gasteiger charge is 2.11. The van der Waals surface area contributed by atoms with E-state index in [-0.39, 0.29) is 5.91 Å². The Morgan fingerprint density at radius 2 is 2.04 bits per heavy atom. The molecule has 3 aromatic rings. The lowest BCUT2D eigenvalue weighted by Crippen LogP contribution is -2.28. The van der Waals surface area contributed by atoms with Crippen LogP contribution in [0.2, 0.25) is 0 Å². The molecule has 0 spiro atoms. The van der Waals surface area contributed by atoms with Gasteiger partial charge in [0.05, 0.1) is 11.2 Å². The Morgan fingerprint density at radius 3 is 2.72 bits per heavy atom. The van der Waals surface area contributed by atoms with Gasteiger partial charge in [0.25, 0.3) is 5.91 Å². The van der Waals surface area contributed by atoms with E-state index in [0.29, 0.717) is 29.6 Å². The number of nitrogens with one attached hydrogen (secondary N) is 2. The number of hydrogen-bond acceptors (Lipinski definition) is 7. The lowest BCUT2D eigenvalue weighted by atomic mass is 10.4. The second-order valence-electron chi connectivity index (χ2n) is 5.45. The zero-order valence-electron chi connectivity index (χ0n) is 14.3. The summed E-state index contributed by atoms with van der Waals surface area (Å²) in [5, 5.41) is 6.08. The molecule has 8 nitrogen and oxygen atoms in total. The van der Waals surface area contributed by atoms with Crippen LogP contribution in [0.1, 0.15) is 27.0 Å². The number of carbonyl (C=O) groups excluding carboxylic acids is 1. The Morgan fingerprint density at radius 1 is 1.20 bits per heavy atom. The Bertz CT molecular complexity index is 886. The summed E-state index contributed by atoms with van der Waals surface area (Å²) in [5.41, 5.74) is 2.42. The van der Waals surface area contributed by atoms with E-state index in [4.69, 9.17) is 0 Å². The number of amides is 1. The van der Waals surface area contributed by atoms with Gasteiger partial charge in [-0.2, -0.15) is 0 Å². The van der Waals surface area contributed by atoms with Crippen molar-refractivity contribution in [3.8, 4) is 5.82 Å². The molecule has 3 heterocycles. The van der Waals surface area contributed by atoms with E-state index in [2.05, 4.69) is 30.6 Å².